The van der Waals surface area contributed by atoms with Crippen LogP contribution in [0.25, 0.3) is 0 Å². The molecule has 0 N–H and O–H groups in total. The van der Waals surface area contributed by atoms with Gasteiger partial charge in [0.25, 0.3) is 0 Å². The first-order valence-electron chi connectivity index (χ1n) is 6.99. The van der Waals surface area contributed by atoms with Gasteiger partial charge in [0, 0.05) is 0 Å². The zero-order valence-electron chi connectivity index (χ0n) is 12.3. The standard InChI is InChI=1S/C17H28/c1-7-17(8-2)11-15(6)16(12-17)10-9-14(5)13(3)4/h9-10,13H,5,7-8,11-12H2,1-4,6H3/b10-9-. The minimum Gasteiger partial charge on any atom is -0.0956 e. The van der Waals surface area contributed by atoms with Crippen molar-refractivity contribution in [1.29, 1.82) is 0 Å². The van der Waals surface area contributed by atoms with E-state index < -0.39 is 0 Å². The van der Waals surface area contributed by atoms with Crippen molar-refractivity contribution < 1.29 is 0 Å². The summed E-state index contributed by atoms with van der Waals surface area (Å²) >= 11 is 0. The number of allylic oxidation sites excluding steroid dienone is 5. The first-order chi connectivity index (χ1) is 7.94. The fraction of sp³-hybridized carbons (Fsp3) is 0.647. The molecule has 0 aromatic carbocycles. The molecule has 0 aromatic heterocycles. The first kappa shape index (κ1) is 14.3. The largest absolute Gasteiger partial charge is 0.0956 e. The maximum Gasteiger partial charge on any atom is -0.0220 e. The molecule has 0 amide bonds. The van der Waals surface area contributed by atoms with E-state index >= 15 is 0 Å². The zero-order valence-corrected chi connectivity index (χ0v) is 12.3. The Balaban J connectivity index is 2.74. The Morgan fingerprint density at radius 2 is 1.88 bits per heavy atom. The van der Waals surface area contributed by atoms with E-state index in [2.05, 4.69) is 53.3 Å². The van der Waals surface area contributed by atoms with E-state index in [1.807, 2.05) is 0 Å². The van der Waals surface area contributed by atoms with Crippen LogP contribution in [0.15, 0.2) is 35.5 Å². The van der Waals surface area contributed by atoms with E-state index in [9.17, 15) is 0 Å². The Kier molecular flexibility index (Phi) is 4.80. The van der Waals surface area contributed by atoms with Gasteiger partial charge in [0.1, 0.15) is 0 Å². The second-order valence-electron chi connectivity index (χ2n) is 5.93. The predicted molar refractivity (Wildman–Crippen MR) is 78.1 cm³/mol. The first-order valence-corrected chi connectivity index (χ1v) is 6.99. The molecular formula is C17H28. The predicted octanol–water partition coefficient (Wildman–Crippen LogP) is 5.67. The average Bonchev–Trinajstić information content (AvgIpc) is 2.63. The second kappa shape index (κ2) is 5.71. The Labute approximate surface area is 108 Å². The second-order valence-corrected chi connectivity index (χ2v) is 5.93. The maximum atomic E-state index is 4.11. The molecule has 0 saturated carbocycles. The van der Waals surface area contributed by atoms with E-state index in [0.29, 0.717) is 11.3 Å². The van der Waals surface area contributed by atoms with Gasteiger partial charge >= 0.3 is 0 Å². The lowest BCUT2D eigenvalue weighted by atomic mass is 9.79. The van der Waals surface area contributed by atoms with Crippen molar-refractivity contribution in [1.82, 2.24) is 0 Å². The highest BCUT2D eigenvalue weighted by atomic mass is 14.4. The summed E-state index contributed by atoms with van der Waals surface area (Å²) in [6.45, 7) is 15.5. The fourth-order valence-corrected chi connectivity index (χ4v) is 2.64. The average molecular weight is 232 g/mol. The monoisotopic (exact) mass is 232 g/mol. The Morgan fingerprint density at radius 3 is 2.29 bits per heavy atom. The molecule has 0 spiro atoms. The van der Waals surface area contributed by atoms with Crippen molar-refractivity contribution in [2.24, 2.45) is 11.3 Å². The molecule has 0 aromatic rings. The highest BCUT2D eigenvalue weighted by Crippen LogP contribution is 2.47. The molecule has 17 heavy (non-hydrogen) atoms. The molecule has 0 nitrogen and oxygen atoms in total. The minimum atomic E-state index is 0.545. The van der Waals surface area contributed by atoms with Gasteiger partial charge < -0.3 is 0 Å². The van der Waals surface area contributed by atoms with Crippen LogP contribution in [-0.4, -0.2) is 0 Å². The van der Waals surface area contributed by atoms with E-state index in [4.69, 9.17) is 0 Å². The minimum absolute atomic E-state index is 0.545. The van der Waals surface area contributed by atoms with Crippen LogP contribution < -0.4 is 0 Å². The Morgan fingerprint density at radius 1 is 1.29 bits per heavy atom. The smallest absolute Gasteiger partial charge is 0.0220 e. The lowest BCUT2D eigenvalue weighted by Crippen LogP contribution is -2.14. The molecule has 0 atom stereocenters. The Bertz CT molecular complexity index is 335. The van der Waals surface area contributed by atoms with E-state index in [1.54, 1.807) is 11.1 Å². The quantitative estimate of drug-likeness (QED) is 0.536. The van der Waals surface area contributed by atoms with Crippen LogP contribution in [0.4, 0.5) is 0 Å². The molecule has 0 fully saturated rings. The van der Waals surface area contributed by atoms with Gasteiger partial charge in [-0.15, -0.1) is 0 Å². The number of hydrogen-bond acceptors (Lipinski definition) is 0. The molecular weight excluding hydrogens is 204 g/mol. The zero-order chi connectivity index (χ0) is 13.1. The summed E-state index contributed by atoms with van der Waals surface area (Å²) in [4.78, 5) is 0. The van der Waals surface area contributed by atoms with Crippen molar-refractivity contribution >= 4 is 0 Å². The lowest BCUT2D eigenvalue weighted by Gasteiger charge is -2.26. The van der Waals surface area contributed by atoms with Crippen molar-refractivity contribution in [3.05, 3.63) is 35.5 Å². The third-order valence-corrected chi connectivity index (χ3v) is 4.49. The summed E-state index contributed by atoms with van der Waals surface area (Å²) in [7, 11) is 0. The topological polar surface area (TPSA) is 0 Å². The van der Waals surface area contributed by atoms with Crippen LogP contribution in [-0.2, 0) is 0 Å². The van der Waals surface area contributed by atoms with Crippen molar-refractivity contribution in [2.45, 2.75) is 60.3 Å². The summed E-state index contributed by atoms with van der Waals surface area (Å²) in [6, 6.07) is 0. The molecule has 0 aliphatic heterocycles. The van der Waals surface area contributed by atoms with Gasteiger partial charge in [-0.1, -0.05) is 57.6 Å². The van der Waals surface area contributed by atoms with Gasteiger partial charge in [-0.25, -0.2) is 0 Å². The molecule has 1 aliphatic carbocycles. The molecule has 1 aliphatic rings. The molecule has 0 radical (unpaired) electrons. The maximum absolute atomic E-state index is 4.11. The van der Waals surface area contributed by atoms with Gasteiger partial charge in [0.2, 0.25) is 0 Å². The molecule has 96 valence electrons. The van der Waals surface area contributed by atoms with E-state index in [0.717, 1.165) is 0 Å². The molecule has 0 unspecified atom stereocenters. The van der Waals surface area contributed by atoms with Crippen LogP contribution in [0.5, 0.6) is 0 Å². The molecule has 0 saturated heterocycles. The summed E-state index contributed by atoms with van der Waals surface area (Å²) in [5.74, 6) is 0.552. The van der Waals surface area contributed by atoms with Crippen molar-refractivity contribution in [3.63, 3.8) is 0 Å². The van der Waals surface area contributed by atoms with E-state index in [-0.39, 0.29) is 0 Å². The normalized spacial score (nSPS) is 19.6. The van der Waals surface area contributed by atoms with Gasteiger partial charge in [0.05, 0.1) is 0 Å². The summed E-state index contributed by atoms with van der Waals surface area (Å²) < 4.78 is 0. The molecule has 0 heterocycles. The summed E-state index contributed by atoms with van der Waals surface area (Å²) in [5, 5.41) is 0. The molecule has 0 heteroatoms. The highest BCUT2D eigenvalue weighted by molar-refractivity contribution is 5.35. The van der Waals surface area contributed by atoms with Crippen molar-refractivity contribution in [3.8, 4) is 0 Å². The van der Waals surface area contributed by atoms with Gasteiger partial charge in [-0.3, -0.25) is 0 Å². The fourth-order valence-electron chi connectivity index (χ4n) is 2.64. The van der Waals surface area contributed by atoms with Crippen molar-refractivity contribution in [2.75, 3.05) is 0 Å². The van der Waals surface area contributed by atoms with Crippen LogP contribution in [0.3, 0.4) is 0 Å². The summed E-state index contributed by atoms with van der Waals surface area (Å²) in [5.41, 5.74) is 4.91. The molecule has 1 rings (SSSR count). The molecule has 0 bridgehead atoms. The number of rotatable bonds is 5. The van der Waals surface area contributed by atoms with E-state index in [1.165, 1.54) is 31.3 Å². The van der Waals surface area contributed by atoms with Crippen LogP contribution in [0.1, 0.15) is 60.3 Å². The van der Waals surface area contributed by atoms with Crippen LogP contribution >= 0.6 is 0 Å². The van der Waals surface area contributed by atoms with Crippen LogP contribution in [0.2, 0.25) is 0 Å². The van der Waals surface area contributed by atoms with Crippen LogP contribution in [0, 0.1) is 11.3 Å². The third kappa shape index (κ3) is 3.34. The van der Waals surface area contributed by atoms with Gasteiger partial charge in [-0.05, 0) is 49.5 Å². The van der Waals surface area contributed by atoms with Gasteiger partial charge in [-0.2, -0.15) is 0 Å². The number of hydrogen-bond donors (Lipinski definition) is 0. The van der Waals surface area contributed by atoms with Gasteiger partial charge in [0.15, 0.2) is 0 Å². The lowest BCUT2D eigenvalue weighted by molar-refractivity contribution is 0.279. The third-order valence-electron chi connectivity index (χ3n) is 4.49. The SMILES string of the molecule is C=C(/C=C\C1=C(C)CC(CC)(CC)C1)C(C)C. The Hall–Kier alpha value is -0.780. The summed E-state index contributed by atoms with van der Waals surface area (Å²) in [6.07, 6.45) is 9.66. The highest BCUT2D eigenvalue weighted by Gasteiger charge is 2.33.